The van der Waals surface area contributed by atoms with E-state index in [4.69, 9.17) is 5.11 Å². The lowest BCUT2D eigenvalue weighted by Gasteiger charge is -2.13. The number of hydrogen-bond donors (Lipinski definition) is 1. The lowest BCUT2D eigenvalue weighted by atomic mass is 10.1. The van der Waals surface area contributed by atoms with Gasteiger partial charge in [0.05, 0.1) is 0 Å². The van der Waals surface area contributed by atoms with Crippen LogP contribution < -0.4 is 5.11 Å². The van der Waals surface area contributed by atoms with Crippen molar-refractivity contribution < 1.29 is 19.7 Å². The van der Waals surface area contributed by atoms with Gasteiger partial charge in [0.15, 0.2) is 6.10 Å². The standard InChI is InChI=1S/C7H10O4/c1-3(2)6-4(8)5(9)7(10)11-6/h3,6,8-9H,1-2H3/p-1/t6-/m1/s1. The molecule has 0 bridgehead atoms. The second kappa shape index (κ2) is 2.45. The Balaban J connectivity index is 2.86. The normalized spacial score (nSPS) is 24.6. The maximum atomic E-state index is 10.7. The Morgan fingerprint density at radius 2 is 2.18 bits per heavy atom. The largest absolute Gasteiger partial charge is 0.865 e. The first kappa shape index (κ1) is 7.91. The van der Waals surface area contributed by atoms with Gasteiger partial charge in [-0.3, -0.25) is 0 Å². The van der Waals surface area contributed by atoms with Gasteiger partial charge in [-0.25, -0.2) is 4.79 Å². The molecule has 1 N–H and O–H groups in total. The molecule has 11 heavy (non-hydrogen) atoms. The SMILES string of the molecule is CC(C)[C@H]1OC(=O)C([O-])=C1O. The number of ether oxygens (including phenoxy) is 1. The molecule has 0 unspecified atom stereocenters. The van der Waals surface area contributed by atoms with Gasteiger partial charge in [0.25, 0.3) is 0 Å². The van der Waals surface area contributed by atoms with Crippen LogP contribution in [0.5, 0.6) is 0 Å². The van der Waals surface area contributed by atoms with Gasteiger partial charge < -0.3 is 14.9 Å². The van der Waals surface area contributed by atoms with Crippen molar-refractivity contribution in [3.05, 3.63) is 11.5 Å². The van der Waals surface area contributed by atoms with Crippen molar-refractivity contribution in [1.29, 1.82) is 0 Å². The molecule has 0 amide bonds. The summed E-state index contributed by atoms with van der Waals surface area (Å²) in [5.74, 6) is -2.40. The van der Waals surface area contributed by atoms with Crippen LogP contribution in [0, 0.1) is 5.92 Å². The van der Waals surface area contributed by atoms with Crippen LogP contribution in [-0.2, 0) is 9.53 Å². The fraction of sp³-hybridized carbons (Fsp3) is 0.571. The van der Waals surface area contributed by atoms with Crippen molar-refractivity contribution in [3.63, 3.8) is 0 Å². The van der Waals surface area contributed by atoms with Gasteiger partial charge in [-0.15, -0.1) is 0 Å². The maximum Gasteiger partial charge on any atom is 0.327 e. The van der Waals surface area contributed by atoms with Crippen molar-refractivity contribution in [1.82, 2.24) is 0 Å². The van der Waals surface area contributed by atoms with Gasteiger partial charge >= 0.3 is 5.97 Å². The minimum atomic E-state index is -0.957. The zero-order chi connectivity index (χ0) is 8.59. The molecule has 1 aliphatic heterocycles. The van der Waals surface area contributed by atoms with Crippen molar-refractivity contribution >= 4 is 5.97 Å². The van der Waals surface area contributed by atoms with Gasteiger partial charge in [0.2, 0.25) is 0 Å². The summed E-state index contributed by atoms with van der Waals surface area (Å²) in [6.07, 6.45) is -0.741. The number of carbonyl (C=O) groups is 1. The zero-order valence-corrected chi connectivity index (χ0v) is 6.33. The van der Waals surface area contributed by atoms with Crippen LogP contribution in [0.25, 0.3) is 0 Å². The van der Waals surface area contributed by atoms with Gasteiger partial charge in [0.1, 0.15) is 5.76 Å². The second-order valence-corrected chi connectivity index (χ2v) is 2.78. The Morgan fingerprint density at radius 1 is 1.64 bits per heavy atom. The highest BCUT2D eigenvalue weighted by Crippen LogP contribution is 2.22. The third-order valence-electron chi connectivity index (χ3n) is 1.53. The monoisotopic (exact) mass is 157 g/mol. The lowest BCUT2D eigenvalue weighted by Crippen LogP contribution is -2.18. The summed E-state index contributed by atoms with van der Waals surface area (Å²) in [4.78, 5) is 10.5. The van der Waals surface area contributed by atoms with E-state index in [0.29, 0.717) is 0 Å². The fourth-order valence-corrected chi connectivity index (χ4v) is 0.910. The van der Waals surface area contributed by atoms with E-state index in [1.165, 1.54) is 0 Å². The summed E-state index contributed by atoms with van der Waals surface area (Å²) in [5, 5.41) is 19.7. The summed E-state index contributed by atoms with van der Waals surface area (Å²) < 4.78 is 4.57. The third-order valence-corrected chi connectivity index (χ3v) is 1.53. The van der Waals surface area contributed by atoms with Gasteiger partial charge in [-0.2, -0.15) is 0 Å². The molecule has 0 aromatic rings. The fourth-order valence-electron chi connectivity index (χ4n) is 0.910. The Labute approximate surface area is 64.1 Å². The van der Waals surface area contributed by atoms with Crippen LogP contribution in [0.1, 0.15) is 13.8 Å². The van der Waals surface area contributed by atoms with Crippen LogP contribution in [0.3, 0.4) is 0 Å². The second-order valence-electron chi connectivity index (χ2n) is 2.78. The number of cyclic esters (lactones) is 1. The van der Waals surface area contributed by atoms with E-state index in [1.807, 2.05) is 0 Å². The molecule has 0 aromatic carbocycles. The van der Waals surface area contributed by atoms with E-state index in [0.717, 1.165) is 0 Å². The number of aliphatic hydroxyl groups excluding tert-OH is 1. The van der Waals surface area contributed by atoms with E-state index in [-0.39, 0.29) is 5.92 Å². The highest BCUT2D eigenvalue weighted by atomic mass is 16.6. The zero-order valence-electron chi connectivity index (χ0n) is 6.33. The number of esters is 1. The molecule has 4 nitrogen and oxygen atoms in total. The van der Waals surface area contributed by atoms with Crippen molar-refractivity contribution in [3.8, 4) is 0 Å². The van der Waals surface area contributed by atoms with Crippen LogP contribution >= 0.6 is 0 Å². The first-order chi connectivity index (χ1) is 5.04. The molecule has 1 atom stereocenters. The smallest absolute Gasteiger partial charge is 0.327 e. The molecule has 1 rings (SSSR count). The first-order valence-electron chi connectivity index (χ1n) is 3.35. The van der Waals surface area contributed by atoms with Gasteiger partial charge in [0, 0.05) is 5.76 Å². The average molecular weight is 157 g/mol. The molecule has 62 valence electrons. The molecule has 0 spiro atoms. The van der Waals surface area contributed by atoms with Crippen molar-refractivity contribution in [2.45, 2.75) is 20.0 Å². The molecule has 0 saturated carbocycles. The summed E-state index contributed by atoms with van der Waals surface area (Å²) in [6, 6.07) is 0. The maximum absolute atomic E-state index is 10.7. The Morgan fingerprint density at radius 3 is 2.36 bits per heavy atom. The van der Waals surface area contributed by atoms with E-state index >= 15 is 0 Å². The van der Waals surface area contributed by atoms with Crippen LogP contribution in [0.4, 0.5) is 0 Å². The van der Waals surface area contributed by atoms with Crippen LogP contribution in [-0.4, -0.2) is 17.2 Å². The number of hydrogen-bond acceptors (Lipinski definition) is 4. The molecule has 0 aliphatic carbocycles. The molecule has 1 heterocycles. The van der Waals surface area contributed by atoms with Gasteiger partial charge in [-0.1, -0.05) is 13.8 Å². The topological polar surface area (TPSA) is 69.6 Å². The third kappa shape index (κ3) is 1.15. The quantitative estimate of drug-likeness (QED) is 0.530. The van der Waals surface area contributed by atoms with E-state index in [1.54, 1.807) is 13.8 Å². The Kier molecular flexibility index (Phi) is 1.76. The molecule has 0 fully saturated rings. The molecule has 0 radical (unpaired) electrons. The van der Waals surface area contributed by atoms with E-state index < -0.39 is 23.6 Å². The molecule has 0 aromatic heterocycles. The summed E-state index contributed by atoms with van der Waals surface area (Å²) in [6.45, 7) is 3.51. The summed E-state index contributed by atoms with van der Waals surface area (Å²) in [7, 11) is 0. The van der Waals surface area contributed by atoms with Crippen molar-refractivity contribution in [2.24, 2.45) is 5.92 Å². The lowest BCUT2D eigenvalue weighted by molar-refractivity contribution is -0.303. The highest BCUT2D eigenvalue weighted by molar-refractivity contribution is 5.88. The number of aliphatic hydroxyl groups is 1. The molecular formula is C7H9O4-. The molecule has 0 saturated heterocycles. The summed E-state index contributed by atoms with van der Waals surface area (Å²) in [5.41, 5.74) is 0. The minimum Gasteiger partial charge on any atom is -0.865 e. The van der Waals surface area contributed by atoms with E-state index in [9.17, 15) is 9.90 Å². The van der Waals surface area contributed by atoms with Gasteiger partial charge in [-0.05, 0) is 5.92 Å². The number of carbonyl (C=O) groups excluding carboxylic acids is 1. The van der Waals surface area contributed by atoms with Crippen molar-refractivity contribution in [2.75, 3.05) is 0 Å². The Bertz CT molecular complexity index is 216. The minimum absolute atomic E-state index is 0.0644. The summed E-state index contributed by atoms with van der Waals surface area (Å²) >= 11 is 0. The highest BCUT2D eigenvalue weighted by Gasteiger charge is 2.30. The molecule has 1 aliphatic rings. The predicted molar refractivity (Wildman–Crippen MR) is 34.4 cm³/mol. The predicted octanol–water partition coefficient (Wildman–Crippen LogP) is -0.302. The first-order valence-corrected chi connectivity index (χ1v) is 3.35. The Hall–Kier alpha value is -1.19. The van der Waals surface area contributed by atoms with Crippen LogP contribution in [0.2, 0.25) is 0 Å². The molecule has 4 heteroatoms. The number of rotatable bonds is 1. The van der Waals surface area contributed by atoms with E-state index in [2.05, 4.69) is 4.74 Å². The average Bonchev–Trinajstić information content (AvgIpc) is 2.17. The molecular weight excluding hydrogens is 148 g/mol. The van der Waals surface area contributed by atoms with Crippen LogP contribution in [0.15, 0.2) is 11.5 Å².